The Morgan fingerprint density at radius 1 is 1.28 bits per heavy atom. The number of amides is 1. The molecule has 0 aliphatic carbocycles. The Morgan fingerprint density at radius 2 is 2.10 bits per heavy atom. The zero-order chi connectivity index (χ0) is 20.6. The molecular weight excluding hydrogens is 405 g/mol. The van der Waals surface area contributed by atoms with E-state index in [4.69, 9.17) is 5.73 Å². The van der Waals surface area contributed by atoms with Crippen LogP contribution in [-0.2, 0) is 19.1 Å². The second-order valence-electron chi connectivity index (χ2n) is 6.42. The Balaban J connectivity index is 1.47. The Kier molecular flexibility index (Phi) is 4.82. The van der Waals surface area contributed by atoms with Crippen molar-refractivity contribution in [2.24, 2.45) is 0 Å². The van der Waals surface area contributed by atoms with Crippen LogP contribution in [0.3, 0.4) is 0 Å². The van der Waals surface area contributed by atoms with Crippen molar-refractivity contribution in [3.05, 3.63) is 58.4 Å². The molecule has 0 saturated heterocycles. The van der Waals surface area contributed by atoms with E-state index < -0.39 is 17.6 Å². The number of anilines is 3. The van der Waals surface area contributed by atoms with Crippen LogP contribution in [0, 0.1) is 0 Å². The summed E-state index contributed by atoms with van der Waals surface area (Å²) >= 11 is 1.29. The number of nitrogen functional groups attached to an aromatic ring is 1. The lowest BCUT2D eigenvalue weighted by molar-refractivity contribution is -0.137. The van der Waals surface area contributed by atoms with Gasteiger partial charge in [0.2, 0.25) is 5.95 Å². The summed E-state index contributed by atoms with van der Waals surface area (Å²) in [5.74, 6) is -0.333. The molecule has 0 radical (unpaired) electrons. The summed E-state index contributed by atoms with van der Waals surface area (Å²) in [5, 5.41) is 4.68. The van der Waals surface area contributed by atoms with Crippen LogP contribution in [0.2, 0.25) is 0 Å². The Labute approximate surface area is 167 Å². The highest BCUT2D eigenvalue weighted by Crippen LogP contribution is 2.31. The summed E-state index contributed by atoms with van der Waals surface area (Å²) in [7, 11) is 0. The molecule has 3 N–H and O–H groups in total. The van der Waals surface area contributed by atoms with E-state index in [0.29, 0.717) is 24.6 Å². The molecule has 7 nitrogen and oxygen atoms in total. The van der Waals surface area contributed by atoms with Crippen molar-refractivity contribution in [1.82, 2.24) is 15.0 Å². The van der Waals surface area contributed by atoms with Crippen molar-refractivity contribution in [1.29, 1.82) is 0 Å². The first kappa shape index (κ1) is 19.1. The molecule has 0 saturated carbocycles. The molecule has 1 amide bonds. The minimum atomic E-state index is -4.48. The predicted molar refractivity (Wildman–Crippen MR) is 103 cm³/mol. The summed E-state index contributed by atoms with van der Waals surface area (Å²) in [5.41, 5.74) is 6.81. The molecule has 1 aliphatic rings. The van der Waals surface area contributed by atoms with Crippen molar-refractivity contribution in [3.8, 4) is 0 Å². The van der Waals surface area contributed by atoms with Gasteiger partial charge in [-0.1, -0.05) is 6.07 Å². The maximum absolute atomic E-state index is 12.8. The van der Waals surface area contributed by atoms with Crippen LogP contribution < -0.4 is 16.0 Å². The molecule has 2 aromatic heterocycles. The molecule has 150 valence electrons. The number of nitrogens with zero attached hydrogens (tertiary/aromatic N) is 4. The van der Waals surface area contributed by atoms with Crippen molar-refractivity contribution < 1.29 is 18.0 Å². The summed E-state index contributed by atoms with van der Waals surface area (Å²) in [6.07, 6.45) is -2.13. The largest absolute Gasteiger partial charge is 0.416 e. The van der Waals surface area contributed by atoms with Gasteiger partial charge in [0.1, 0.15) is 5.69 Å². The molecule has 0 atom stereocenters. The third-order valence-corrected chi connectivity index (χ3v) is 5.30. The Morgan fingerprint density at radius 3 is 2.90 bits per heavy atom. The fourth-order valence-electron chi connectivity index (χ4n) is 2.98. The van der Waals surface area contributed by atoms with Gasteiger partial charge in [0.25, 0.3) is 5.91 Å². The van der Waals surface area contributed by atoms with Gasteiger partial charge in [0, 0.05) is 42.3 Å². The van der Waals surface area contributed by atoms with Gasteiger partial charge in [-0.05, 0) is 18.2 Å². The van der Waals surface area contributed by atoms with Crippen LogP contribution in [0.25, 0.3) is 0 Å². The third-order valence-electron chi connectivity index (χ3n) is 4.40. The summed E-state index contributed by atoms with van der Waals surface area (Å²) in [6, 6.07) is 4.47. The average Bonchev–Trinajstić information content (AvgIpc) is 3.17. The normalized spacial score (nSPS) is 13.8. The number of nitrogens with two attached hydrogens (primary N) is 1. The highest BCUT2D eigenvalue weighted by molar-refractivity contribution is 7.13. The first-order chi connectivity index (χ1) is 13.8. The number of thiazole rings is 1. The van der Waals surface area contributed by atoms with Crippen LogP contribution >= 0.6 is 11.3 Å². The Bertz CT molecular complexity index is 1070. The quantitative estimate of drug-likeness (QED) is 0.675. The Hall–Kier alpha value is -3.21. The zero-order valence-corrected chi connectivity index (χ0v) is 15.7. The standard InChI is InChI=1S/C18H15F3N6OS/c19-18(20,21)11-2-1-3-12(6-11)24-15(28)14-9-29-17(26-14)27-5-4-13-10(8-27)7-23-16(22)25-13/h1-3,6-7,9H,4-5,8H2,(H,24,28)(H2,22,23,25). The maximum atomic E-state index is 12.8. The van der Waals surface area contributed by atoms with Crippen molar-refractivity contribution in [3.63, 3.8) is 0 Å². The highest BCUT2D eigenvalue weighted by Gasteiger charge is 2.30. The van der Waals surface area contributed by atoms with Crippen LogP contribution in [0.15, 0.2) is 35.8 Å². The molecule has 1 aromatic carbocycles. The summed E-state index contributed by atoms with van der Waals surface area (Å²) < 4.78 is 38.5. The number of halogens is 3. The van der Waals surface area contributed by atoms with E-state index in [1.54, 1.807) is 11.6 Å². The van der Waals surface area contributed by atoms with Gasteiger partial charge >= 0.3 is 6.18 Å². The number of carbonyl (C=O) groups is 1. The molecule has 4 rings (SSSR count). The van der Waals surface area contributed by atoms with Gasteiger partial charge < -0.3 is 16.0 Å². The number of carbonyl (C=O) groups excluding carboxylic acids is 1. The summed E-state index contributed by atoms with van der Waals surface area (Å²) in [4.78, 5) is 27.0. The molecule has 3 heterocycles. The number of fused-ring (bicyclic) bond motifs is 1. The fraction of sp³-hybridized carbons (Fsp3) is 0.222. The molecule has 0 unspecified atom stereocenters. The number of hydrogen-bond donors (Lipinski definition) is 2. The van der Waals surface area contributed by atoms with Gasteiger partial charge in [0.15, 0.2) is 5.13 Å². The minimum absolute atomic E-state index is 0.0565. The second-order valence-corrected chi connectivity index (χ2v) is 7.26. The van der Waals surface area contributed by atoms with Crippen molar-refractivity contribution >= 4 is 34.0 Å². The number of aromatic nitrogens is 3. The minimum Gasteiger partial charge on any atom is -0.368 e. The predicted octanol–water partition coefficient (Wildman–Crippen LogP) is 3.35. The average molecular weight is 420 g/mol. The van der Waals surface area contributed by atoms with E-state index in [2.05, 4.69) is 20.3 Å². The lowest BCUT2D eigenvalue weighted by Gasteiger charge is -2.27. The van der Waals surface area contributed by atoms with E-state index >= 15 is 0 Å². The third kappa shape index (κ3) is 4.14. The van der Waals surface area contributed by atoms with Crippen LogP contribution in [0.4, 0.5) is 29.9 Å². The van der Waals surface area contributed by atoms with Crippen molar-refractivity contribution in [2.45, 2.75) is 19.1 Å². The number of alkyl halides is 3. The van der Waals surface area contributed by atoms with E-state index in [9.17, 15) is 18.0 Å². The smallest absolute Gasteiger partial charge is 0.368 e. The van der Waals surface area contributed by atoms with Crippen LogP contribution in [0.5, 0.6) is 0 Å². The van der Waals surface area contributed by atoms with Gasteiger partial charge in [-0.2, -0.15) is 13.2 Å². The molecule has 0 bridgehead atoms. The molecular formula is C18H15F3N6OS. The van der Waals surface area contributed by atoms with Gasteiger partial charge in [-0.15, -0.1) is 11.3 Å². The molecule has 11 heteroatoms. The van der Waals surface area contributed by atoms with Crippen LogP contribution in [0.1, 0.15) is 27.3 Å². The van der Waals surface area contributed by atoms with Gasteiger partial charge in [-0.25, -0.2) is 15.0 Å². The van der Waals surface area contributed by atoms with Gasteiger partial charge in [0.05, 0.1) is 11.3 Å². The fourth-order valence-corrected chi connectivity index (χ4v) is 3.81. The monoisotopic (exact) mass is 420 g/mol. The molecule has 1 aliphatic heterocycles. The number of hydrogen-bond acceptors (Lipinski definition) is 7. The number of nitrogens with one attached hydrogen (secondary N) is 1. The van der Waals surface area contributed by atoms with E-state index in [1.165, 1.54) is 23.5 Å². The number of benzene rings is 1. The van der Waals surface area contributed by atoms with E-state index in [-0.39, 0.29) is 17.3 Å². The van der Waals surface area contributed by atoms with E-state index in [0.717, 1.165) is 23.4 Å². The molecule has 3 aromatic rings. The van der Waals surface area contributed by atoms with Gasteiger partial charge in [-0.3, -0.25) is 4.79 Å². The first-order valence-corrected chi connectivity index (χ1v) is 9.47. The zero-order valence-electron chi connectivity index (χ0n) is 14.9. The molecule has 0 fully saturated rings. The SMILES string of the molecule is Nc1ncc2c(n1)CCN(c1nc(C(=O)Nc3cccc(C(F)(F)F)c3)cs1)C2. The lowest BCUT2D eigenvalue weighted by atomic mass is 10.1. The molecule has 0 spiro atoms. The first-order valence-electron chi connectivity index (χ1n) is 8.59. The van der Waals surface area contributed by atoms with E-state index in [1.807, 2.05) is 4.90 Å². The lowest BCUT2D eigenvalue weighted by Crippen LogP contribution is -2.31. The number of rotatable bonds is 3. The topological polar surface area (TPSA) is 97.0 Å². The summed E-state index contributed by atoms with van der Waals surface area (Å²) in [6.45, 7) is 1.20. The second kappa shape index (κ2) is 7.32. The van der Waals surface area contributed by atoms with Crippen molar-refractivity contribution in [2.75, 3.05) is 22.5 Å². The molecule has 29 heavy (non-hydrogen) atoms. The van der Waals surface area contributed by atoms with Crippen LogP contribution in [-0.4, -0.2) is 27.4 Å². The highest BCUT2D eigenvalue weighted by atomic mass is 32.1. The maximum Gasteiger partial charge on any atom is 0.416 e.